The van der Waals surface area contributed by atoms with E-state index in [1.165, 1.54) is 0 Å². The van der Waals surface area contributed by atoms with Crippen LogP contribution >= 0.6 is 0 Å². The SMILES string of the molecule is CCCC1(S(=O)(=S)O[Si](OCC)(OCC)OCC)CC=Cc2ccccc21. The second-order valence-corrected chi connectivity index (χ2v) is 11.8. The van der Waals surface area contributed by atoms with Gasteiger partial charge < -0.3 is 13.3 Å². The van der Waals surface area contributed by atoms with Crippen molar-refractivity contribution in [2.45, 2.75) is 51.7 Å². The van der Waals surface area contributed by atoms with Crippen LogP contribution in [0.1, 0.15) is 58.1 Å². The Balaban J connectivity index is 2.54. The fraction of sp³-hybridized carbons (Fsp3) is 0.579. The lowest BCUT2D eigenvalue weighted by molar-refractivity contribution is 0.0127. The largest absolute Gasteiger partial charge is 0.693 e. The molecule has 0 spiro atoms. The van der Waals surface area contributed by atoms with E-state index >= 15 is 0 Å². The second-order valence-electron chi connectivity index (χ2n) is 6.27. The first-order valence-electron chi connectivity index (χ1n) is 9.53. The summed E-state index contributed by atoms with van der Waals surface area (Å²) < 4.78 is 36.5. The van der Waals surface area contributed by atoms with E-state index in [9.17, 15) is 4.21 Å². The van der Waals surface area contributed by atoms with Crippen LogP contribution in [-0.2, 0) is 41.9 Å². The van der Waals surface area contributed by atoms with Crippen LogP contribution in [0.2, 0.25) is 0 Å². The first-order chi connectivity index (χ1) is 12.9. The molecular formula is C19H30O5S2Si. The molecule has 8 heteroatoms. The molecule has 0 bridgehead atoms. The van der Waals surface area contributed by atoms with Gasteiger partial charge in [-0.3, -0.25) is 3.87 Å². The predicted molar refractivity (Wildman–Crippen MR) is 114 cm³/mol. The Bertz CT molecular complexity index is 733. The van der Waals surface area contributed by atoms with Crippen LogP contribution in [0.4, 0.5) is 0 Å². The minimum Gasteiger partial charge on any atom is -0.351 e. The third-order valence-corrected chi connectivity index (χ3v) is 11.2. The summed E-state index contributed by atoms with van der Waals surface area (Å²) in [6.45, 7) is 8.53. The molecule has 0 heterocycles. The summed E-state index contributed by atoms with van der Waals surface area (Å²) in [6.07, 6.45) is 6.09. The summed E-state index contributed by atoms with van der Waals surface area (Å²) in [5.41, 5.74) is 1.98. The maximum Gasteiger partial charge on any atom is 0.693 e. The molecule has 0 aromatic heterocycles. The summed E-state index contributed by atoms with van der Waals surface area (Å²) in [6, 6.07) is 7.93. The highest BCUT2D eigenvalue weighted by atomic mass is 32.8. The van der Waals surface area contributed by atoms with Crippen LogP contribution in [0.3, 0.4) is 0 Å². The normalized spacial score (nSPS) is 21.6. The van der Waals surface area contributed by atoms with Gasteiger partial charge in [-0.2, -0.15) is 0 Å². The molecule has 0 saturated carbocycles. The lowest BCUT2D eigenvalue weighted by Gasteiger charge is -2.40. The zero-order chi connectivity index (χ0) is 20.0. The Morgan fingerprint density at radius 3 is 2.22 bits per heavy atom. The van der Waals surface area contributed by atoms with Crippen molar-refractivity contribution in [3.8, 4) is 0 Å². The Kier molecular flexibility index (Phi) is 8.17. The van der Waals surface area contributed by atoms with Gasteiger partial charge in [-0.25, -0.2) is 4.21 Å². The number of rotatable bonds is 11. The van der Waals surface area contributed by atoms with Crippen LogP contribution in [-0.4, -0.2) is 33.1 Å². The van der Waals surface area contributed by atoms with Crippen LogP contribution in [0, 0.1) is 0 Å². The number of allylic oxidation sites excluding steroid dienone is 1. The van der Waals surface area contributed by atoms with Gasteiger partial charge in [0, 0.05) is 31.0 Å². The van der Waals surface area contributed by atoms with E-state index in [2.05, 4.69) is 6.92 Å². The van der Waals surface area contributed by atoms with Gasteiger partial charge >= 0.3 is 9.05 Å². The number of hydrogen-bond donors (Lipinski definition) is 0. The van der Waals surface area contributed by atoms with Gasteiger partial charge in [0.05, 0.1) is 0 Å². The van der Waals surface area contributed by atoms with Crippen LogP contribution < -0.4 is 0 Å². The van der Waals surface area contributed by atoms with Crippen molar-refractivity contribution in [2.75, 3.05) is 19.8 Å². The maximum atomic E-state index is 14.0. The van der Waals surface area contributed by atoms with Crippen molar-refractivity contribution in [3.63, 3.8) is 0 Å². The van der Waals surface area contributed by atoms with E-state index < -0.39 is 22.6 Å². The second kappa shape index (κ2) is 9.73. The maximum absolute atomic E-state index is 14.0. The Labute approximate surface area is 169 Å². The Hall–Kier alpha value is -0.613. The van der Waals surface area contributed by atoms with Gasteiger partial charge in [-0.1, -0.05) is 49.8 Å². The number of benzene rings is 1. The molecule has 2 atom stereocenters. The van der Waals surface area contributed by atoms with Crippen molar-refractivity contribution >= 4 is 35.1 Å². The van der Waals surface area contributed by atoms with Gasteiger partial charge in [0.15, 0.2) is 0 Å². The molecule has 0 N–H and O–H groups in total. The molecule has 0 amide bonds. The molecule has 0 aliphatic heterocycles. The molecule has 2 unspecified atom stereocenters. The fourth-order valence-electron chi connectivity index (χ4n) is 3.49. The van der Waals surface area contributed by atoms with E-state index in [1.807, 2.05) is 57.2 Å². The van der Waals surface area contributed by atoms with E-state index in [4.69, 9.17) is 28.3 Å². The van der Waals surface area contributed by atoms with E-state index in [0.29, 0.717) is 32.7 Å². The molecule has 27 heavy (non-hydrogen) atoms. The summed E-state index contributed by atoms with van der Waals surface area (Å²) >= 11 is 5.67. The molecule has 1 aliphatic rings. The molecule has 1 aromatic carbocycles. The molecule has 152 valence electrons. The summed E-state index contributed by atoms with van der Waals surface area (Å²) in [4.78, 5) is 0. The standard InChI is InChI=1S/C19H30O5S2Si/c1-5-15-19(16-11-13-17-12-9-10-14-18(17)19)26(20,25)24-27(21-6-2,22-7-3)23-8-4/h9-14H,5-8,15-16H2,1-4H3. The molecule has 0 fully saturated rings. The summed E-state index contributed by atoms with van der Waals surface area (Å²) in [5.74, 6) is 0. The van der Waals surface area contributed by atoms with Crippen molar-refractivity contribution < 1.29 is 21.4 Å². The van der Waals surface area contributed by atoms with E-state index in [1.54, 1.807) is 0 Å². The average Bonchev–Trinajstić information content (AvgIpc) is 2.62. The van der Waals surface area contributed by atoms with Gasteiger partial charge in [0.25, 0.3) is 0 Å². The quantitative estimate of drug-likeness (QED) is 0.487. The average molecular weight is 431 g/mol. The monoisotopic (exact) mass is 430 g/mol. The highest BCUT2D eigenvalue weighted by molar-refractivity contribution is 8.31. The fourth-order valence-corrected chi connectivity index (χ4v) is 9.77. The molecule has 5 nitrogen and oxygen atoms in total. The van der Waals surface area contributed by atoms with Gasteiger partial charge in [-0.15, -0.1) is 0 Å². The Morgan fingerprint density at radius 1 is 1.07 bits per heavy atom. The lowest BCUT2D eigenvalue weighted by Crippen LogP contribution is -2.53. The molecular weight excluding hydrogens is 400 g/mol. The van der Waals surface area contributed by atoms with Crippen LogP contribution in [0.5, 0.6) is 0 Å². The van der Waals surface area contributed by atoms with Gasteiger partial charge in [0.2, 0.25) is 0 Å². The van der Waals surface area contributed by atoms with Crippen molar-refractivity contribution in [2.24, 2.45) is 0 Å². The minimum atomic E-state index is -3.62. The highest BCUT2D eigenvalue weighted by Gasteiger charge is 2.54. The summed E-state index contributed by atoms with van der Waals surface area (Å²) in [7, 11) is -6.89. The zero-order valence-electron chi connectivity index (χ0n) is 16.6. The minimum absolute atomic E-state index is 0.328. The number of fused-ring (bicyclic) bond motifs is 1. The predicted octanol–water partition coefficient (Wildman–Crippen LogP) is 4.32. The van der Waals surface area contributed by atoms with Crippen LogP contribution in [0.25, 0.3) is 6.08 Å². The molecule has 0 saturated heterocycles. The van der Waals surface area contributed by atoms with E-state index in [0.717, 1.165) is 17.5 Å². The first-order valence-corrected chi connectivity index (χ1v) is 13.6. The van der Waals surface area contributed by atoms with E-state index in [-0.39, 0.29) is 0 Å². The molecule has 0 radical (unpaired) electrons. The van der Waals surface area contributed by atoms with Crippen molar-refractivity contribution in [1.82, 2.24) is 0 Å². The molecule has 1 aliphatic carbocycles. The molecule has 1 aromatic rings. The van der Waals surface area contributed by atoms with Crippen LogP contribution in [0.15, 0.2) is 30.3 Å². The third kappa shape index (κ3) is 4.69. The smallest absolute Gasteiger partial charge is 0.351 e. The highest BCUT2D eigenvalue weighted by Crippen LogP contribution is 2.46. The van der Waals surface area contributed by atoms with Crippen molar-refractivity contribution in [1.29, 1.82) is 0 Å². The van der Waals surface area contributed by atoms with Gasteiger partial charge in [0.1, 0.15) is 13.5 Å². The topological polar surface area (TPSA) is 54.0 Å². The third-order valence-electron chi connectivity index (χ3n) is 4.50. The van der Waals surface area contributed by atoms with Crippen molar-refractivity contribution in [3.05, 3.63) is 41.5 Å². The number of hydrogen-bond acceptors (Lipinski definition) is 6. The Morgan fingerprint density at radius 2 is 1.67 bits per heavy atom. The zero-order valence-corrected chi connectivity index (χ0v) is 19.2. The van der Waals surface area contributed by atoms with Gasteiger partial charge in [-0.05, 0) is 44.7 Å². The molecule has 2 rings (SSSR count). The first kappa shape index (κ1) is 22.7. The summed E-state index contributed by atoms with van der Waals surface area (Å²) in [5, 5.41) is 0. The lowest BCUT2D eigenvalue weighted by atomic mass is 9.83.